The molecule has 5 rings (SSSR count). The molecule has 14 heteroatoms. The number of benzene rings is 2. The second-order valence-corrected chi connectivity index (χ2v) is 10.1. The van der Waals surface area contributed by atoms with Gasteiger partial charge in [0.1, 0.15) is 6.33 Å². The summed E-state index contributed by atoms with van der Waals surface area (Å²) in [5, 5.41) is 27.6. The Kier molecular flexibility index (Phi) is 8.99. The van der Waals surface area contributed by atoms with E-state index in [0.717, 1.165) is 19.5 Å². The zero-order valence-corrected chi connectivity index (χ0v) is 23.3. The number of rotatable bonds is 9. The van der Waals surface area contributed by atoms with Crippen LogP contribution in [0.3, 0.4) is 0 Å². The molecular weight excluding hydrogens is 562 g/mol. The van der Waals surface area contributed by atoms with Gasteiger partial charge in [0.2, 0.25) is 5.91 Å². The van der Waals surface area contributed by atoms with Gasteiger partial charge in [-0.2, -0.15) is 9.78 Å². The van der Waals surface area contributed by atoms with Gasteiger partial charge in [0.15, 0.2) is 0 Å². The largest absolute Gasteiger partial charge is 0.453 e. The third-order valence-corrected chi connectivity index (χ3v) is 7.09. The number of anilines is 1. The summed E-state index contributed by atoms with van der Waals surface area (Å²) < 4.78 is 6.09. The summed E-state index contributed by atoms with van der Waals surface area (Å²) in [5.74, 6) is -0.0270. The summed E-state index contributed by atoms with van der Waals surface area (Å²) in [5.41, 5.74) is 2.97. The number of aromatic nitrogens is 6. The van der Waals surface area contributed by atoms with Crippen molar-refractivity contribution in [2.24, 2.45) is 5.92 Å². The van der Waals surface area contributed by atoms with Crippen molar-refractivity contribution in [3.05, 3.63) is 87.6 Å². The fourth-order valence-electron chi connectivity index (χ4n) is 4.74. The van der Waals surface area contributed by atoms with Crippen LogP contribution in [0.4, 0.5) is 10.5 Å². The molecule has 2 unspecified atom stereocenters. The SMILES string of the molecule is COC(=O)Nc1ccc(-c2cc(C(CC3CCNC3)NC(=O)/C=C/c3cc(Cl)ccc3-n3cnnn3)n[nH]c2=O)cc1. The Morgan fingerprint density at radius 3 is 2.76 bits per heavy atom. The minimum Gasteiger partial charge on any atom is -0.453 e. The Morgan fingerprint density at radius 1 is 1.21 bits per heavy atom. The first-order valence-corrected chi connectivity index (χ1v) is 13.5. The van der Waals surface area contributed by atoms with Crippen molar-refractivity contribution in [3.8, 4) is 16.8 Å². The van der Waals surface area contributed by atoms with Gasteiger partial charge in [-0.25, -0.2) is 9.89 Å². The number of halogens is 1. The smallest absolute Gasteiger partial charge is 0.411 e. The molecule has 0 radical (unpaired) electrons. The van der Waals surface area contributed by atoms with Crippen LogP contribution >= 0.6 is 11.6 Å². The molecule has 0 bridgehead atoms. The number of methoxy groups -OCH3 is 1. The molecule has 0 spiro atoms. The van der Waals surface area contributed by atoms with E-state index >= 15 is 0 Å². The standard InChI is InChI=1S/C28H28ClN9O4/c1-42-28(41)32-21-6-2-18(3-7-21)22-14-24(34-35-27(22)40)23(12-17-10-11-30-15-17)33-26(39)9-4-19-13-20(29)5-8-25(19)38-16-31-36-37-38/h2-9,13-14,16-17,23,30H,10-12,15H2,1H3,(H,32,41)(H,33,39)(H,35,40)/b9-4+. The number of aromatic amines is 1. The van der Waals surface area contributed by atoms with Crippen molar-refractivity contribution in [1.29, 1.82) is 0 Å². The van der Waals surface area contributed by atoms with E-state index in [9.17, 15) is 14.4 Å². The predicted octanol–water partition coefficient (Wildman–Crippen LogP) is 3.11. The fraction of sp³-hybridized carbons (Fsp3) is 0.250. The molecule has 4 aromatic rings. The van der Waals surface area contributed by atoms with Crippen LogP contribution in [0.5, 0.6) is 0 Å². The lowest BCUT2D eigenvalue weighted by atomic mass is 9.95. The molecule has 1 fully saturated rings. The maximum Gasteiger partial charge on any atom is 0.411 e. The molecule has 216 valence electrons. The molecule has 2 aromatic heterocycles. The van der Waals surface area contributed by atoms with Crippen LogP contribution in [0.15, 0.2) is 65.7 Å². The molecule has 0 aliphatic carbocycles. The fourth-order valence-corrected chi connectivity index (χ4v) is 4.92. The first-order valence-electron chi connectivity index (χ1n) is 13.2. The Morgan fingerprint density at radius 2 is 2.05 bits per heavy atom. The molecule has 2 amide bonds. The van der Waals surface area contributed by atoms with Gasteiger partial charge in [0.05, 0.1) is 30.1 Å². The highest BCUT2D eigenvalue weighted by molar-refractivity contribution is 6.30. The van der Waals surface area contributed by atoms with Gasteiger partial charge in [-0.3, -0.25) is 14.9 Å². The molecule has 1 aliphatic rings. The molecular formula is C28H28ClN9O4. The Balaban J connectivity index is 1.39. The summed E-state index contributed by atoms with van der Waals surface area (Å²) in [6, 6.07) is 13.2. The average molecular weight is 590 g/mol. The van der Waals surface area contributed by atoms with Gasteiger partial charge >= 0.3 is 6.09 Å². The van der Waals surface area contributed by atoms with Crippen molar-refractivity contribution in [2.75, 3.05) is 25.5 Å². The van der Waals surface area contributed by atoms with Crippen molar-refractivity contribution in [3.63, 3.8) is 0 Å². The number of nitrogens with one attached hydrogen (secondary N) is 4. The average Bonchev–Trinajstić information content (AvgIpc) is 3.72. The number of hydrogen-bond acceptors (Lipinski definition) is 9. The first kappa shape index (κ1) is 28.6. The number of hydrogen-bond donors (Lipinski definition) is 4. The molecule has 13 nitrogen and oxygen atoms in total. The van der Waals surface area contributed by atoms with Crippen LogP contribution in [0, 0.1) is 5.92 Å². The van der Waals surface area contributed by atoms with E-state index in [0.29, 0.717) is 51.1 Å². The van der Waals surface area contributed by atoms with Crippen molar-refractivity contribution in [2.45, 2.75) is 18.9 Å². The number of nitrogens with zero attached hydrogens (tertiary/aromatic N) is 5. The maximum atomic E-state index is 13.2. The van der Waals surface area contributed by atoms with Gasteiger partial charge in [-0.15, -0.1) is 5.10 Å². The summed E-state index contributed by atoms with van der Waals surface area (Å²) in [6.45, 7) is 1.72. The van der Waals surface area contributed by atoms with E-state index in [1.165, 1.54) is 24.2 Å². The van der Waals surface area contributed by atoms with E-state index in [2.05, 4.69) is 46.4 Å². The maximum absolute atomic E-state index is 13.2. The molecule has 1 saturated heterocycles. The van der Waals surface area contributed by atoms with Crippen molar-refractivity contribution < 1.29 is 14.3 Å². The van der Waals surface area contributed by atoms with E-state index in [4.69, 9.17) is 11.6 Å². The minimum atomic E-state index is -0.595. The van der Waals surface area contributed by atoms with E-state index in [1.54, 1.807) is 54.6 Å². The van der Waals surface area contributed by atoms with E-state index in [1.807, 2.05) is 0 Å². The highest BCUT2D eigenvalue weighted by Gasteiger charge is 2.24. The number of amides is 2. The highest BCUT2D eigenvalue weighted by Crippen LogP contribution is 2.27. The minimum absolute atomic E-state index is 0.319. The molecule has 3 heterocycles. The van der Waals surface area contributed by atoms with Gasteiger partial charge in [0.25, 0.3) is 5.56 Å². The summed E-state index contributed by atoms with van der Waals surface area (Å²) >= 11 is 6.21. The van der Waals surface area contributed by atoms with Gasteiger partial charge < -0.3 is 15.4 Å². The van der Waals surface area contributed by atoms with Gasteiger partial charge in [-0.1, -0.05) is 23.7 Å². The monoisotopic (exact) mass is 589 g/mol. The molecule has 1 aliphatic heterocycles. The van der Waals surface area contributed by atoms with E-state index in [-0.39, 0.29) is 11.5 Å². The lowest BCUT2D eigenvalue weighted by Gasteiger charge is -2.21. The number of H-pyrrole nitrogens is 1. The zero-order chi connectivity index (χ0) is 29.5. The lowest BCUT2D eigenvalue weighted by Crippen LogP contribution is -2.31. The Bertz CT molecular complexity index is 1630. The van der Waals surface area contributed by atoms with Crippen LogP contribution in [-0.2, 0) is 9.53 Å². The summed E-state index contributed by atoms with van der Waals surface area (Å²) in [4.78, 5) is 37.4. The Labute approximate surface area is 245 Å². The number of ether oxygens (including phenoxy) is 1. The second-order valence-electron chi connectivity index (χ2n) is 9.68. The zero-order valence-electron chi connectivity index (χ0n) is 22.6. The molecule has 2 aromatic carbocycles. The van der Waals surface area contributed by atoms with Crippen LogP contribution < -0.4 is 21.5 Å². The van der Waals surface area contributed by atoms with Crippen LogP contribution in [0.25, 0.3) is 22.9 Å². The van der Waals surface area contributed by atoms with Crippen molar-refractivity contribution >= 4 is 35.4 Å². The van der Waals surface area contributed by atoms with Crippen LogP contribution in [-0.4, -0.2) is 62.6 Å². The molecule has 4 N–H and O–H groups in total. The normalized spacial score (nSPS) is 15.4. The summed E-state index contributed by atoms with van der Waals surface area (Å²) in [7, 11) is 1.28. The molecule has 0 saturated carbocycles. The quantitative estimate of drug-likeness (QED) is 0.214. The lowest BCUT2D eigenvalue weighted by molar-refractivity contribution is -0.117. The molecule has 2 atom stereocenters. The van der Waals surface area contributed by atoms with Crippen LogP contribution in [0.1, 0.15) is 30.1 Å². The Hall–Kier alpha value is -4.88. The topological polar surface area (TPSA) is 169 Å². The number of tetrazole rings is 1. The third kappa shape index (κ3) is 7.06. The number of carbonyl (C=O) groups excluding carboxylic acids is 2. The highest BCUT2D eigenvalue weighted by atomic mass is 35.5. The molecule has 42 heavy (non-hydrogen) atoms. The van der Waals surface area contributed by atoms with Crippen LogP contribution in [0.2, 0.25) is 5.02 Å². The number of carbonyl (C=O) groups is 2. The van der Waals surface area contributed by atoms with Gasteiger partial charge in [0, 0.05) is 22.3 Å². The summed E-state index contributed by atoms with van der Waals surface area (Å²) in [6.07, 6.45) is 5.50. The third-order valence-electron chi connectivity index (χ3n) is 6.86. The van der Waals surface area contributed by atoms with Crippen molar-refractivity contribution in [1.82, 2.24) is 41.0 Å². The van der Waals surface area contributed by atoms with Gasteiger partial charge in [-0.05, 0) is 90.3 Å². The second kappa shape index (κ2) is 13.2. The first-order chi connectivity index (χ1) is 20.4. The predicted molar refractivity (Wildman–Crippen MR) is 156 cm³/mol. The van der Waals surface area contributed by atoms with E-state index < -0.39 is 12.1 Å².